The zero-order valence-corrected chi connectivity index (χ0v) is 18.0. The summed E-state index contributed by atoms with van der Waals surface area (Å²) >= 11 is 12.2. The number of hydrogen-bond acceptors (Lipinski definition) is 5. The molecule has 1 aliphatic heterocycles. The summed E-state index contributed by atoms with van der Waals surface area (Å²) in [6, 6.07) is 11.6. The van der Waals surface area contributed by atoms with Crippen LogP contribution in [0.25, 0.3) is 11.6 Å². The highest BCUT2D eigenvalue weighted by molar-refractivity contribution is 6.42. The number of benzene rings is 2. The first-order chi connectivity index (χ1) is 14.1. The van der Waals surface area contributed by atoms with E-state index in [9.17, 15) is 9.59 Å². The molecule has 8 heteroatoms. The van der Waals surface area contributed by atoms with Gasteiger partial charge in [-0.2, -0.15) is 5.26 Å². The molecular weight excluding hydrogens is 427 g/mol. The second kappa shape index (κ2) is 8.39. The van der Waals surface area contributed by atoms with Crippen LogP contribution in [0.1, 0.15) is 31.9 Å². The Kier molecular flexibility index (Phi) is 6.06. The fourth-order valence-electron chi connectivity index (χ4n) is 2.92. The van der Waals surface area contributed by atoms with Gasteiger partial charge in [-0.25, -0.2) is 9.69 Å². The fourth-order valence-corrected chi connectivity index (χ4v) is 3.27. The van der Waals surface area contributed by atoms with Gasteiger partial charge in [0, 0.05) is 21.2 Å². The molecule has 0 fully saturated rings. The monoisotopic (exact) mass is 444 g/mol. The van der Waals surface area contributed by atoms with Gasteiger partial charge in [-0.15, -0.1) is 0 Å². The smallest absolute Gasteiger partial charge is 0.422 e. The van der Waals surface area contributed by atoms with E-state index in [1.807, 2.05) is 6.07 Å². The summed E-state index contributed by atoms with van der Waals surface area (Å²) in [5.74, 6) is -0.180. The van der Waals surface area contributed by atoms with Gasteiger partial charge in [0.2, 0.25) is 0 Å². The number of amides is 2. The number of halogens is 2. The lowest BCUT2D eigenvalue weighted by Gasteiger charge is -2.23. The molecule has 0 radical (unpaired) electrons. The van der Waals surface area contributed by atoms with Crippen LogP contribution in [0, 0.1) is 11.3 Å². The molecule has 1 aliphatic rings. The Hall–Kier alpha value is -3.01. The topological polar surface area (TPSA) is 79.6 Å². The summed E-state index contributed by atoms with van der Waals surface area (Å²) in [4.78, 5) is 26.9. The van der Waals surface area contributed by atoms with Gasteiger partial charge in [0.05, 0.1) is 11.3 Å². The van der Waals surface area contributed by atoms with Crippen LogP contribution in [0.4, 0.5) is 10.5 Å². The van der Waals surface area contributed by atoms with Gasteiger partial charge in [0.15, 0.2) is 6.61 Å². The number of fused-ring (bicyclic) bond motifs is 1. The maximum absolute atomic E-state index is 13.2. The Morgan fingerprint density at radius 2 is 1.83 bits per heavy atom. The summed E-state index contributed by atoms with van der Waals surface area (Å²) in [5.41, 5.74) is 0.800. The van der Waals surface area contributed by atoms with Crippen molar-refractivity contribution in [3.05, 3.63) is 57.6 Å². The minimum atomic E-state index is -0.800. The Morgan fingerprint density at radius 3 is 2.50 bits per heavy atom. The standard InChI is InChI=1S/C22H18Cl2N2O4/c1-22(2,3)30-21(28)26-18-12-15(24)4-6-16(18)17(20(26)27)11-13-10-14(23)5-7-19(13)29-9-8-25/h4-7,10-12H,9H2,1-3H3. The van der Waals surface area contributed by atoms with Gasteiger partial charge in [-0.1, -0.05) is 29.3 Å². The van der Waals surface area contributed by atoms with Crippen LogP contribution >= 0.6 is 23.2 Å². The lowest BCUT2D eigenvalue weighted by atomic mass is 10.0. The highest BCUT2D eigenvalue weighted by Crippen LogP contribution is 2.41. The third-order valence-corrected chi connectivity index (χ3v) is 4.53. The van der Waals surface area contributed by atoms with Crippen molar-refractivity contribution in [3.63, 3.8) is 0 Å². The first-order valence-corrected chi connectivity index (χ1v) is 9.74. The third-order valence-electron chi connectivity index (χ3n) is 4.06. The minimum Gasteiger partial charge on any atom is -0.478 e. The number of carbonyl (C=O) groups is 2. The van der Waals surface area contributed by atoms with E-state index in [1.54, 1.807) is 57.2 Å². The van der Waals surface area contributed by atoms with Gasteiger partial charge in [-0.05, 0) is 57.2 Å². The van der Waals surface area contributed by atoms with Crippen LogP contribution in [0.15, 0.2) is 36.4 Å². The minimum absolute atomic E-state index is 0.165. The number of nitrogens with zero attached hydrogens (tertiary/aromatic N) is 2. The van der Waals surface area contributed by atoms with E-state index in [-0.39, 0.29) is 12.2 Å². The second-order valence-electron chi connectivity index (χ2n) is 7.47. The zero-order chi connectivity index (χ0) is 22.1. The highest BCUT2D eigenvalue weighted by Gasteiger charge is 2.39. The SMILES string of the molecule is CC(C)(C)OC(=O)N1C(=O)C(=Cc2cc(Cl)ccc2OCC#N)c2ccc(Cl)cc21. The van der Waals surface area contributed by atoms with Crippen LogP contribution in [-0.2, 0) is 9.53 Å². The maximum atomic E-state index is 13.2. The molecule has 0 saturated heterocycles. The Bertz CT molecular complexity index is 1100. The van der Waals surface area contributed by atoms with Crippen molar-refractivity contribution >= 4 is 52.5 Å². The molecule has 30 heavy (non-hydrogen) atoms. The lowest BCUT2D eigenvalue weighted by Crippen LogP contribution is -2.38. The molecule has 2 aromatic rings. The molecule has 0 aliphatic carbocycles. The van der Waals surface area contributed by atoms with Crippen LogP contribution < -0.4 is 9.64 Å². The molecule has 0 unspecified atom stereocenters. The van der Waals surface area contributed by atoms with E-state index in [2.05, 4.69) is 0 Å². The molecule has 3 rings (SSSR count). The molecule has 0 aromatic heterocycles. The second-order valence-corrected chi connectivity index (χ2v) is 8.34. The quantitative estimate of drug-likeness (QED) is 0.565. The Balaban J connectivity index is 2.12. The average Bonchev–Trinajstić information content (AvgIpc) is 2.90. The average molecular weight is 445 g/mol. The normalized spacial score (nSPS) is 14.5. The molecule has 154 valence electrons. The van der Waals surface area contributed by atoms with Crippen molar-refractivity contribution in [1.29, 1.82) is 5.26 Å². The molecule has 2 amide bonds. The van der Waals surface area contributed by atoms with Crippen LogP contribution in [0.3, 0.4) is 0 Å². The van der Waals surface area contributed by atoms with Gasteiger partial charge >= 0.3 is 6.09 Å². The van der Waals surface area contributed by atoms with Crippen molar-refractivity contribution in [2.75, 3.05) is 11.5 Å². The summed E-state index contributed by atoms with van der Waals surface area (Å²) in [6.45, 7) is 4.98. The predicted molar refractivity (Wildman–Crippen MR) is 116 cm³/mol. The number of hydrogen-bond donors (Lipinski definition) is 0. The highest BCUT2D eigenvalue weighted by atomic mass is 35.5. The number of imide groups is 1. The maximum Gasteiger partial charge on any atom is 0.422 e. The van der Waals surface area contributed by atoms with E-state index < -0.39 is 17.6 Å². The first kappa shape index (κ1) is 21.7. The molecular formula is C22H18Cl2N2O4. The van der Waals surface area contributed by atoms with Crippen molar-refractivity contribution in [1.82, 2.24) is 0 Å². The fraction of sp³-hybridized carbons (Fsp3) is 0.227. The summed E-state index contributed by atoms with van der Waals surface area (Å²) in [5, 5.41) is 9.60. The molecule has 0 atom stereocenters. The van der Waals surface area contributed by atoms with Crippen molar-refractivity contribution in [2.45, 2.75) is 26.4 Å². The van der Waals surface area contributed by atoms with Crippen molar-refractivity contribution in [3.8, 4) is 11.8 Å². The van der Waals surface area contributed by atoms with Gasteiger partial charge in [0.1, 0.15) is 17.4 Å². The molecule has 1 heterocycles. The Morgan fingerprint density at radius 1 is 1.17 bits per heavy atom. The van der Waals surface area contributed by atoms with Crippen LogP contribution in [0.5, 0.6) is 5.75 Å². The van der Waals surface area contributed by atoms with E-state index >= 15 is 0 Å². The summed E-state index contributed by atoms with van der Waals surface area (Å²) in [6.07, 6.45) is 0.768. The number of anilines is 1. The largest absolute Gasteiger partial charge is 0.478 e. The predicted octanol–water partition coefficient (Wildman–Crippen LogP) is 5.72. The van der Waals surface area contributed by atoms with Gasteiger partial charge < -0.3 is 9.47 Å². The van der Waals surface area contributed by atoms with E-state index in [1.165, 1.54) is 6.07 Å². The van der Waals surface area contributed by atoms with Crippen LogP contribution in [0.2, 0.25) is 10.0 Å². The van der Waals surface area contributed by atoms with E-state index in [0.717, 1.165) is 4.90 Å². The molecule has 0 bridgehead atoms. The van der Waals surface area contributed by atoms with Crippen molar-refractivity contribution < 1.29 is 19.1 Å². The first-order valence-electron chi connectivity index (χ1n) is 8.99. The number of rotatable bonds is 3. The van der Waals surface area contributed by atoms with E-state index in [0.29, 0.717) is 32.6 Å². The molecule has 2 aromatic carbocycles. The van der Waals surface area contributed by atoms with Gasteiger partial charge in [0.25, 0.3) is 5.91 Å². The number of ether oxygens (including phenoxy) is 2. The zero-order valence-electron chi connectivity index (χ0n) is 16.5. The number of nitriles is 1. The number of carbonyl (C=O) groups excluding carboxylic acids is 2. The summed E-state index contributed by atoms with van der Waals surface area (Å²) < 4.78 is 10.8. The third kappa shape index (κ3) is 4.59. The molecule has 0 N–H and O–H groups in total. The van der Waals surface area contributed by atoms with Crippen molar-refractivity contribution in [2.24, 2.45) is 0 Å². The molecule has 0 saturated carbocycles. The molecule has 0 spiro atoms. The van der Waals surface area contributed by atoms with Crippen LogP contribution in [-0.4, -0.2) is 24.2 Å². The lowest BCUT2D eigenvalue weighted by molar-refractivity contribution is -0.112. The molecule has 6 nitrogen and oxygen atoms in total. The summed E-state index contributed by atoms with van der Waals surface area (Å²) in [7, 11) is 0. The van der Waals surface area contributed by atoms with Gasteiger partial charge in [-0.3, -0.25) is 4.79 Å². The van der Waals surface area contributed by atoms with E-state index in [4.69, 9.17) is 37.9 Å². The Labute approximate surface area is 184 Å².